The smallest absolute Gasteiger partial charge is 0.332 e. The van der Waals surface area contributed by atoms with Crippen LogP contribution in [0.1, 0.15) is 53.9 Å². The zero-order valence-electron chi connectivity index (χ0n) is 20.4. The van der Waals surface area contributed by atoms with Gasteiger partial charge < -0.3 is 34.6 Å². The summed E-state index contributed by atoms with van der Waals surface area (Å²) in [7, 11) is 0. The molecule has 0 aromatic heterocycles. The van der Waals surface area contributed by atoms with E-state index < -0.39 is 82.8 Å². The van der Waals surface area contributed by atoms with Crippen molar-refractivity contribution in [3.63, 3.8) is 0 Å². The lowest BCUT2D eigenvalue weighted by Crippen LogP contribution is -2.86. The highest BCUT2D eigenvalue weighted by Crippen LogP contribution is 2.67. The van der Waals surface area contributed by atoms with Crippen molar-refractivity contribution >= 4 is 17.7 Å². The van der Waals surface area contributed by atoms with Gasteiger partial charge in [0.1, 0.15) is 37.1 Å². The van der Waals surface area contributed by atoms with Crippen molar-refractivity contribution in [2.24, 2.45) is 16.7 Å². The number of fused-ring (bicyclic) bond motifs is 3. The first-order chi connectivity index (χ1) is 15.6. The summed E-state index contributed by atoms with van der Waals surface area (Å²) in [6.07, 6.45) is -2.24. The molecule has 34 heavy (non-hydrogen) atoms. The van der Waals surface area contributed by atoms with Gasteiger partial charge in [-0.15, -0.1) is 6.58 Å². The van der Waals surface area contributed by atoms with Gasteiger partial charge in [-0.1, -0.05) is 26.8 Å². The van der Waals surface area contributed by atoms with E-state index in [9.17, 15) is 34.8 Å². The van der Waals surface area contributed by atoms with Crippen molar-refractivity contribution in [1.29, 1.82) is 0 Å². The highest BCUT2D eigenvalue weighted by molar-refractivity contribution is 5.92. The number of aliphatic hydroxyl groups is 4. The standard InChI is InChI=1S/C24H36O10/c1-7-21(4)10-13(27)24(31)22(5)14(32-15(28)11-25)8-9-20(2,3)18(22)17(33-16(29)12-26)19(30)23(24,6)34-21/h7,14,17-19,25-26,30-31H,1,8-12H2,2-6H3/t14-,17-,18-,19-,21-,22-,23+,24-/m0/s1. The predicted octanol–water partition coefficient (Wildman–Crippen LogP) is 0.0355. The Morgan fingerprint density at radius 1 is 1.12 bits per heavy atom. The number of ether oxygens (including phenoxy) is 3. The zero-order valence-corrected chi connectivity index (χ0v) is 20.4. The van der Waals surface area contributed by atoms with Crippen LogP contribution in [0.15, 0.2) is 12.7 Å². The van der Waals surface area contributed by atoms with Crippen molar-refractivity contribution < 1.29 is 49.0 Å². The summed E-state index contributed by atoms with van der Waals surface area (Å²) in [4.78, 5) is 38.2. The van der Waals surface area contributed by atoms with Crippen LogP contribution in [0, 0.1) is 16.7 Å². The summed E-state index contributed by atoms with van der Waals surface area (Å²) in [5.74, 6) is -3.47. The minimum atomic E-state index is -2.37. The fourth-order valence-electron chi connectivity index (χ4n) is 6.95. The van der Waals surface area contributed by atoms with Crippen molar-refractivity contribution in [1.82, 2.24) is 0 Å². The summed E-state index contributed by atoms with van der Waals surface area (Å²) in [5.41, 5.74) is -7.93. The van der Waals surface area contributed by atoms with Crippen LogP contribution in [0.5, 0.6) is 0 Å². The molecule has 10 nitrogen and oxygen atoms in total. The second-order valence-electron chi connectivity index (χ2n) is 11.0. The monoisotopic (exact) mass is 484 g/mol. The van der Waals surface area contributed by atoms with Crippen molar-refractivity contribution in [3.8, 4) is 0 Å². The third-order valence-electron chi connectivity index (χ3n) is 8.50. The van der Waals surface area contributed by atoms with Gasteiger partial charge in [-0.05, 0) is 32.1 Å². The normalized spacial score (nSPS) is 45.5. The van der Waals surface area contributed by atoms with Crippen LogP contribution in [-0.2, 0) is 28.6 Å². The molecule has 10 heteroatoms. The van der Waals surface area contributed by atoms with Gasteiger partial charge in [0.2, 0.25) is 0 Å². The molecule has 0 aromatic rings. The number of hydrogen-bond acceptors (Lipinski definition) is 10. The number of carbonyl (C=O) groups is 3. The maximum Gasteiger partial charge on any atom is 0.332 e. The second-order valence-corrected chi connectivity index (χ2v) is 11.0. The molecule has 0 radical (unpaired) electrons. The molecule has 0 spiro atoms. The molecule has 0 aromatic carbocycles. The molecule has 0 bridgehead atoms. The van der Waals surface area contributed by atoms with Crippen LogP contribution in [0.3, 0.4) is 0 Å². The van der Waals surface area contributed by atoms with Gasteiger partial charge in [-0.25, -0.2) is 9.59 Å². The van der Waals surface area contributed by atoms with E-state index in [1.165, 1.54) is 13.0 Å². The molecule has 3 fully saturated rings. The van der Waals surface area contributed by atoms with Crippen molar-refractivity contribution in [2.45, 2.75) is 89.0 Å². The Kier molecular flexibility index (Phi) is 6.59. The van der Waals surface area contributed by atoms with Crippen LogP contribution >= 0.6 is 0 Å². The van der Waals surface area contributed by atoms with Crippen LogP contribution < -0.4 is 0 Å². The molecule has 0 unspecified atom stereocenters. The van der Waals surface area contributed by atoms with E-state index in [4.69, 9.17) is 14.2 Å². The van der Waals surface area contributed by atoms with Gasteiger partial charge >= 0.3 is 11.9 Å². The van der Waals surface area contributed by atoms with Crippen LogP contribution in [-0.4, -0.2) is 86.5 Å². The molecule has 1 saturated heterocycles. The fourth-order valence-corrected chi connectivity index (χ4v) is 6.95. The summed E-state index contributed by atoms with van der Waals surface area (Å²) in [5, 5.41) is 42.6. The Morgan fingerprint density at radius 3 is 2.21 bits per heavy atom. The maximum absolute atomic E-state index is 13.8. The van der Waals surface area contributed by atoms with Gasteiger partial charge in [-0.2, -0.15) is 0 Å². The van der Waals surface area contributed by atoms with E-state index in [1.54, 1.807) is 13.8 Å². The minimum absolute atomic E-state index is 0.243. The number of ketones is 1. The van der Waals surface area contributed by atoms with E-state index in [1.807, 2.05) is 13.8 Å². The highest BCUT2D eigenvalue weighted by Gasteiger charge is 2.81. The van der Waals surface area contributed by atoms with Crippen LogP contribution in [0.4, 0.5) is 0 Å². The van der Waals surface area contributed by atoms with Gasteiger partial charge in [0.05, 0.1) is 11.0 Å². The molecule has 8 atom stereocenters. The molecule has 2 aliphatic carbocycles. The van der Waals surface area contributed by atoms with E-state index in [0.29, 0.717) is 6.42 Å². The molecule has 3 aliphatic rings. The lowest BCUT2D eigenvalue weighted by atomic mass is 9.39. The van der Waals surface area contributed by atoms with E-state index in [0.717, 1.165) is 0 Å². The van der Waals surface area contributed by atoms with E-state index in [-0.39, 0.29) is 12.8 Å². The molecule has 2 saturated carbocycles. The Balaban J connectivity index is 2.33. The summed E-state index contributed by atoms with van der Waals surface area (Å²) >= 11 is 0. The lowest BCUT2D eigenvalue weighted by Gasteiger charge is -2.71. The van der Waals surface area contributed by atoms with Crippen molar-refractivity contribution in [3.05, 3.63) is 12.7 Å². The van der Waals surface area contributed by atoms with E-state index >= 15 is 0 Å². The second kappa shape index (κ2) is 8.37. The molecule has 1 aliphatic heterocycles. The lowest BCUT2D eigenvalue weighted by molar-refractivity contribution is -0.371. The molecular formula is C24H36O10. The number of carbonyl (C=O) groups excluding carboxylic acids is 3. The maximum atomic E-state index is 13.8. The average molecular weight is 485 g/mol. The van der Waals surface area contributed by atoms with Crippen molar-refractivity contribution in [2.75, 3.05) is 13.2 Å². The largest absolute Gasteiger partial charge is 0.460 e. The Morgan fingerprint density at radius 2 is 1.68 bits per heavy atom. The quantitative estimate of drug-likeness (QED) is 0.310. The number of rotatable bonds is 5. The summed E-state index contributed by atoms with van der Waals surface area (Å²) in [6.45, 7) is 10.1. The highest BCUT2D eigenvalue weighted by atomic mass is 16.6. The third-order valence-corrected chi connectivity index (χ3v) is 8.50. The van der Waals surface area contributed by atoms with Crippen LogP contribution in [0.25, 0.3) is 0 Å². The fraction of sp³-hybridized carbons (Fsp3) is 0.792. The average Bonchev–Trinajstić information content (AvgIpc) is 2.76. The Hall–Kier alpha value is -1.85. The Bertz CT molecular complexity index is 885. The first kappa shape index (κ1) is 26.7. The molecule has 0 amide bonds. The van der Waals surface area contributed by atoms with E-state index in [2.05, 4.69) is 6.58 Å². The third kappa shape index (κ3) is 3.45. The van der Waals surface area contributed by atoms with Gasteiger partial charge in [0.25, 0.3) is 0 Å². The Labute approximate surface area is 198 Å². The topological polar surface area (TPSA) is 160 Å². The minimum Gasteiger partial charge on any atom is -0.460 e. The first-order valence-electron chi connectivity index (χ1n) is 11.5. The predicted molar refractivity (Wildman–Crippen MR) is 117 cm³/mol. The zero-order chi connectivity index (χ0) is 25.9. The summed E-state index contributed by atoms with van der Waals surface area (Å²) < 4.78 is 17.3. The number of Topliss-reactive ketones (excluding diaryl/α,β-unsaturated/α-hetero) is 1. The number of hydrogen-bond donors (Lipinski definition) is 4. The molecule has 192 valence electrons. The SMILES string of the molecule is C=C[C@@]1(C)CC(=O)[C@]2(O)[C@@]3(C)[C@@H](OC(=O)CO)CCC(C)(C)[C@@H]3[C@H](OC(=O)CO)[C@H](O)[C@@]2(C)O1. The number of aliphatic hydroxyl groups excluding tert-OH is 3. The van der Waals surface area contributed by atoms with Gasteiger partial charge in [-0.3, -0.25) is 4.79 Å². The molecule has 1 heterocycles. The van der Waals surface area contributed by atoms with Gasteiger partial charge in [0.15, 0.2) is 11.4 Å². The number of esters is 2. The first-order valence-corrected chi connectivity index (χ1v) is 11.5. The molecule has 3 rings (SSSR count). The molecule has 4 N–H and O–H groups in total. The van der Waals surface area contributed by atoms with Crippen LogP contribution in [0.2, 0.25) is 0 Å². The summed E-state index contributed by atoms with van der Waals surface area (Å²) in [6, 6.07) is 0. The molecular weight excluding hydrogens is 448 g/mol. The van der Waals surface area contributed by atoms with Gasteiger partial charge in [0, 0.05) is 12.3 Å².